The Hall–Kier alpha value is -2.11. The first kappa shape index (κ1) is 18.3. The van der Waals surface area contributed by atoms with E-state index in [1.165, 1.54) is 13.3 Å². The maximum Gasteiger partial charge on any atom is 0.340 e. The van der Waals surface area contributed by atoms with E-state index in [9.17, 15) is 9.18 Å². The number of methoxy groups -OCH3 is 1. The van der Waals surface area contributed by atoms with Gasteiger partial charge in [0.1, 0.15) is 11.0 Å². The number of aromatic nitrogens is 2. The Morgan fingerprint density at radius 3 is 2.74 bits per heavy atom. The maximum absolute atomic E-state index is 14.6. The van der Waals surface area contributed by atoms with Crippen molar-refractivity contribution in [1.29, 1.82) is 0 Å². The highest BCUT2D eigenvalue weighted by atomic mass is 35.5. The SMILES string of the molecule is COC(=O)c1cnc(Cl)c(Cc2cc3c(F)cc(C4CC4)cc3n2C)c1Cl. The highest BCUT2D eigenvalue weighted by Crippen LogP contribution is 2.42. The zero-order valence-corrected chi connectivity index (χ0v) is 16.4. The lowest BCUT2D eigenvalue weighted by Crippen LogP contribution is -2.07. The number of hydrogen-bond donors (Lipinski definition) is 0. The molecule has 3 aromatic rings. The molecule has 4 rings (SSSR count). The van der Waals surface area contributed by atoms with Crippen LogP contribution in [0.1, 0.15) is 45.9 Å². The molecule has 140 valence electrons. The zero-order chi connectivity index (χ0) is 19.3. The van der Waals surface area contributed by atoms with E-state index in [1.807, 2.05) is 17.7 Å². The summed E-state index contributed by atoms with van der Waals surface area (Å²) in [5.74, 6) is -0.343. The number of carbonyl (C=O) groups excluding carboxylic acids is 1. The third-order valence-corrected chi connectivity index (χ3v) is 5.86. The number of carbonyl (C=O) groups is 1. The molecule has 27 heavy (non-hydrogen) atoms. The zero-order valence-electron chi connectivity index (χ0n) is 14.9. The molecule has 0 aliphatic heterocycles. The fourth-order valence-corrected chi connectivity index (χ4v) is 3.92. The lowest BCUT2D eigenvalue weighted by molar-refractivity contribution is 0.0600. The van der Waals surface area contributed by atoms with Gasteiger partial charge in [-0.25, -0.2) is 14.2 Å². The minimum Gasteiger partial charge on any atom is -0.465 e. The van der Waals surface area contributed by atoms with Gasteiger partial charge in [0.05, 0.1) is 23.2 Å². The number of rotatable bonds is 4. The highest BCUT2D eigenvalue weighted by molar-refractivity contribution is 6.37. The van der Waals surface area contributed by atoms with Crippen LogP contribution in [0.25, 0.3) is 10.9 Å². The predicted molar refractivity (Wildman–Crippen MR) is 103 cm³/mol. The van der Waals surface area contributed by atoms with Crippen LogP contribution in [0.2, 0.25) is 10.2 Å². The first-order chi connectivity index (χ1) is 12.9. The van der Waals surface area contributed by atoms with Crippen molar-refractivity contribution in [2.24, 2.45) is 7.05 Å². The first-order valence-corrected chi connectivity index (χ1v) is 9.35. The monoisotopic (exact) mass is 406 g/mol. The van der Waals surface area contributed by atoms with Crippen molar-refractivity contribution < 1.29 is 13.9 Å². The van der Waals surface area contributed by atoms with Gasteiger partial charge in [-0.15, -0.1) is 0 Å². The topological polar surface area (TPSA) is 44.1 Å². The van der Waals surface area contributed by atoms with Crippen molar-refractivity contribution in [1.82, 2.24) is 9.55 Å². The number of esters is 1. The van der Waals surface area contributed by atoms with Crippen LogP contribution in [0.3, 0.4) is 0 Å². The van der Waals surface area contributed by atoms with Gasteiger partial charge in [0.15, 0.2) is 0 Å². The summed E-state index contributed by atoms with van der Waals surface area (Å²) in [7, 11) is 3.16. The molecule has 7 heteroatoms. The fourth-order valence-electron chi connectivity index (χ4n) is 3.38. The standard InChI is InChI=1S/C20H17Cl2FN2O2/c1-25-12(7-13-16(23)5-11(6-17(13)25)10-3-4-10)8-14-18(21)15(20(26)27-2)9-24-19(14)22/h5-7,9-10H,3-4,8H2,1-2H3. The quantitative estimate of drug-likeness (QED) is 0.437. The van der Waals surface area contributed by atoms with E-state index in [0.717, 1.165) is 29.6 Å². The van der Waals surface area contributed by atoms with Gasteiger partial charge in [0, 0.05) is 36.3 Å². The summed E-state index contributed by atoms with van der Waals surface area (Å²) in [5.41, 5.74) is 3.35. The van der Waals surface area contributed by atoms with Crippen LogP contribution in [-0.2, 0) is 18.2 Å². The van der Waals surface area contributed by atoms with Crippen LogP contribution in [0.5, 0.6) is 0 Å². The minimum atomic E-state index is -0.581. The number of aryl methyl sites for hydroxylation is 1. The average Bonchev–Trinajstić information content (AvgIpc) is 3.44. The number of ether oxygens (including phenoxy) is 1. The van der Waals surface area contributed by atoms with E-state index >= 15 is 0 Å². The molecule has 0 N–H and O–H groups in total. The second kappa shape index (κ2) is 6.80. The Morgan fingerprint density at radius 1 is 1.33 bits per heavy atom. The second-order valence-corrected chi connectivity index (χ2v) is 7.56. The van der Waals surface area contributed by atoms with Crippen molar-refractivity contribution in [3.05, 3.63) is 62.8 Å². The summed E-state index contributed by atoms with van der Waals surface area (Å²) in [6.07, 6.45) is 3.83. The van der Waals surface area contributed by atoms with Crippen molar-refractivity contribution in [3.8, 4) is 0 Å². The number of benzene rings is 1. The van der Waals surface area contributed by atoms with E-state index in [-0.39, 0.29) is 21.6 Å². The van der Waals surface area contributed by atoms with E-state index < -0.39 is 5.97 Å². The van der Waals surface area contributed by atoms with Crippen LogP contribution in [-0.4, -0.2) is 22.6 Å². The number of nitrogens with zero attached hydrogens (tertiary/aromatic N) is 2. The normalized spacial score (nSPS) is 14.0. The molecule has 0 spiro atoms. The van der Waals surface area contributed by atoms with Gasteiger partial charge >= 0.3 is 5.97 Å². The number of pyridine rings is 1. The molecule has 1 aromatic carbocycles. The fraction of sp³-hybridized carbons (Fsp3) is 0.300. The third kappa shape index (κ3) is 3.19. The van der Waals surface area contributed by atoms with Gasteiger partial charge in [0.2, 0.25) is 0 Å². The van der Waals surface area contributed by atoms with Crippen LogP contribution < -0.4 is 0 Å². The molecule has 0 unspecified atom stereocenters. The van der Waals surface area contributed by atoms with E-state index in [1.54, 1.807) is 12.1 Å². The lowest BCUT2D eigenvalue weighted by Gasteiger charge is -2.11. The largest absolute Gasteiger partial charge is 0.465 e. The smallest absolute Gasteiger partial charge is 0.340 e. The molecule has 4 nitrogen and oxygen atoms in total. The van der Waals surface area contributed by atoms with Crippen molar-refractivity contribution in [2.45, 2.75) is 25.2 Å². The van der Waals surface area contributed by atoms with Gasteiger partial charge in [-0.05, 0) is 42.5 Å². The first-order valence-electron chi connectivity index (χ1n) is 8.59. The Balaban J connectivity index is 1.79. The Morgan fingerprint density at radius 2 is 2.07 bits per heavy atom. The van der Waals surface area contributed by atoms with Gasteiger partial charge in [-0.2, -0.15) is 0 Å². The van der Waals surface area contributed by atoms with E-state index in [4.69, 9.17) is 27.9 Å². The summed E-state index contributed by atoms with van der Waals surface area (Å²) >= 11 is 12.6. The molecule has 0 atom stereocenters. The van der Waals surface area contributed by atoms with E-state index in [2.05, 4.69) is 4.98 Å². The average molecular weight is 407 g/mol. The van der Waals surface area contributed by atoms with Gasteiger partial charge in [-0.1, -0.05) is 23.2 Å². The van der Waals surface area contributed by atoms with Gasteiger partial charge in [-0.3, -0.25) is 0 Å². The van der Waals surface area contributed by atoms with Crippen molar-refractivity contribution in [3.63, 3.8) is 0 Å². The molecule has 0 saturated heterocycles. The molecule has 1 saturated carbocycles. The molecule has 0 amide bonds. The molecule has 2 heterocycles. The molecule has 1 aliphatic rings. The molecule has 1 fully saturated rings. The lowest BCUT2D eigenvalue weighted by atomic mass is 10.1. The molecular weight excluding hydrogens is 390 g/mol. The predicted octanol–water partition coefficient (Wildman–Crippen LogP) is 5.27. The molecule has 0 radical (unpaired) electrons. The molecule has 2 aromatic heterocycles. The summed E-state index contributed by atoms with van der Waals surface area (Å²) in [4.78, 5) is 15.9. The molecule has 0 bridgehead atoms. The highest BCUT2D eigenvalue weighted by Gasteiger charge is 2.26. The van der Waals surface area contributed by atoms with Crippen molar-refractivity contribution in [2.75, 3.05) is 7.11 Å². The number of hydrogen-bond acceptors (Lipinski definition) is 3. The van der Waals surface area contributed by atoms with Crippen LogP contribution in [0.4, 0.5) is 4.39 Å². The maximum atomic E-state index is 14.6. The van der Waals surface area contributed by atoms with E-state index in [0.29, 0.717) is 23.3 Å². The summed E-state index contributed by atoms with van der Waals surface area (Å²) in [6, 6.07) is 5.47. The molecular formula is C20H17Cl2FN2O2. The second-order valence-electron chi connectivity index (χ2n) is 6.83. The van der Waals surface area contributed by atoms with Gasteiger partial charge in [0.25, 0.3) is 0 Å². The number of fused-ring (bicyclic) bond motifs is 1. The molecule has 1 aliphatic carbocycles. The number of halogens is 3. The van der Waals surface area contributed by atoms with Crippen LogP contribution >= 0.6 is 23.2 Å². The van der Waals surface area contributed by atoms with Crippen LogP contribution in [0.15, 0.2) is 24.4 Å². The Labute approximate surface area is 165 Å². The Kier molecular flexibility index (Phi) is 4.60. The van der Waals surface area contributed by atoms with Gasteiger partial charge < -0.3 is 9.30 Å². The third-order valence-electron chi connectivity index (χ3n) is 5.10. The Bertz CT molecular complexity index is 1070. The minimum absolute atomic E-state index is 0.152. The van der Waals surface area contributed by atoms with Crippen molar-refractivity contribution >= 4 is 40.1 Å². The van der Waals surface area contributed by atoms with Crippen LogP contribution in [0, 0.1) is 5.82 Å². The summed E-state index contributed by atoms with van der Waals surface area (Å²) in [5, 5.41) is 0.963. The summed E-state index contributed by atoms with van der Waals surface area (Å²) in [6.45, 7) is 0. The summed E-state index contributed by atoms with van der Waals surface area (Å²) < 4.78 is 21.3.